The SMILES string of the molecule is C[C@@H](O)CN1CCCS(=O)(=O)CC1. The van der Waals surface area contributed by atoms with E-state index in [1.165, 1.54) is 0 Å². The minimum absolute atomic E-state index is 0.236. The Bertz CT molecular complexity index is 248. The van der Waals surface area contributed by atoms with Crippen molar-refractivity contribution in [2.45, 2.75) is 19.4 Å². The average molecular weight is 207 g/mol. The van der Waals surface area contributed by atoms with Gasteiger partial charge in [0.15, 0.2) is 9.84 Å². The largest absolute Gasteiger partial charge is 0.392 e. The molecule has 1 aliphatic rings. The van der Waals surface area contributed by atoms with Gasteiger partial charge < -0.3 is 5.11 Å². The lowest BCUT2D eigenvalue weighted by atomic mass is 10.3. The van der Waals surface area contributed by atoms with Crippen LogP contribution in [0, 0.1) is 0 Å². The summed E-state index contributed by atoms with van der Waals surface area (Å²) in [5.74, 6) is 0.531. The number of hydrogen-bond acceptors (Lipinski definition) is 4. The predicted octanol–water partition coefficient (Wildman–Crippen LogP) is -0.512. The molecule has 1 saturated heterocycles. The molecule has 4 nitrogen and oxygen atoms in total. The molecule has 0 bridgehead atoms. The first-order valence-corrected chi connectivity index (χ1v) is 6.42. The summed E-state index contributed by atoms with van der Waals surface area (Å²) in [6, 6.07) is 0. The fraction of sp³-hybridized carbons (Fsp3) is 1.00. The molecule has 1 aliphatic heterocycles. The Kier molecular flexibility index (Phi) is 3.70. The van der Waals surface area contributed by atoms with E-state index in [1.807, 2.05) is 4.90 Å². The van der Waals surface area contributed by atoms with Crippen LogP contribution in [0.15, 0.2) is 0 Å². The van der Waals surface area contributed by atoms with Gasteiger partial charge in [0.05, 0.1) is 17.6 Å². The second-order valence-corrected chi connectivity index (χ2v) is 5.96. The molecule has 13 heavy (non-hydrogen) atoms. The number of hydrogen-bond donors (Lipinski definition) is 1. The number of β-amino-alcohol motifs (C(OH)–C–C–N with tert-alkyl or cyclic N) is 1. The Morgan fingerprint density at radius 3 is 2.69 bits per heavy atom. The highest BCUT2D eigenvalue weighted by Crippen LogP contribution is 2.05. The third kappa shape index (κ3) is 4.06. The van der Waals surface area contributed by atoms with E-state index in [2.05, 4.69) is 0 Å². The molecular weight excluding hydrogens is 190 g/mol. The highest BCUT2D eigenvalue weighted by molar-refractivity contribution is 7.91. The van der Waals surface area contributed by atoms with Crippen LogP contribution >= 0.6 is 0 Å². The van der Waals surface area contributed by atoms with Gasteiger partial charge in [0.25, 0.3) is 0 Å². The topological polar surface area (TPSA) is 57.6 Å². The first kappa shape index (κ1) is 10.9. The van der Waals surface area contributed by atoms with Crippen molar-refractivity contribution in [3.05, 3.63) is 0 Å². The van der Waals surface area contributed by atoms with Crippen molar-refractivity contribution in [1.82, 2.24) is 4.90 Å². The van der Waals surface area contributed by atoms with E-state index in [-0.39, 0.29) is 11.9 Å². The summed E-state index contributed by atoms with van der Waals surface area (Å²) in [6.07, 6.45) is 0.315. The van der Waals surface area contributed by atoms with Gasteiger partial charge in [0, 0.05) is 13.1 Å². The molecule has 0 saturated carbocycles. The summed E-state index contributed by atoms with van der Waals surface area (Å²) in [5.41, 5.74) is 0. The van der Waals surface area contributed by atoms with E-state index in [4.69, 9.17) is 5.11 Å². The standard InChI is InChI=1S/C8H17NO3S/c1-8(10)7-9-3-2-5-13(11,12)6-4-9/h8,10H,2-7H2,1H3/t8-/m1/s1. The van der Waals surface area contributed by atoms with E-state index in [9.17, 15) is 8.42 Å². The maximum atomic E-state index is 11.2. The molecule has 78 valence electrons. The zero-order valence-corrected chi connectivity index (χ0v) is 8.76. The summed E-state index contributed by atoms with van der Waals surface area (Å²) < 4.78 is 22.4. The van der Waals surface area contributed by atoms with Crippen LogP contribution < -0.4 is 0 Å². The highest BCUT2D eigenvalue weighted by atomic mass is 32.2. The first-order valence-electron chi connectivity index (χ1n) is 4.60. The maximum absolute atomic E-state index is 11.2. The smallest absolute Gasteiger partial charge is 0.151 e. The zero-order valence-electron chi connectivity index (χ0n) is 7.94. The summed E-state index contributed by atoms with van der Waals surface area (Å²) in [4.78, 5) is 2.01. The van der Waals surface area contributed by atoms with Crippen LogP contribution in [0.5, 0.6) is 0 Å². The molecule has 1 atom stereocenters. The molecular formula is C8H17NO3S. The van der Waals surface area contributed by atoms with E-state index >= 15 is 0 Å². The molecule has 5 heteroatoms. The Hall–Kier alpha value is -0.130. The average Bonchev–Trinajstić information content (AvgIpc) is 2.12. The van der Waals surface area contributed by atoms with Gasteiger partial charge in [-0.25, -0.2) is 8.42 Å². The monoisotopic (exact) mass is 207 g/mol. The van der Waals surface area contributed by atoms with Crippen molar-refractivity contribution in [1.29, 1.82) is 0 Å². The van der Waals surface area contributed by atoms with Gasteiger partial charge in [-0.2, -0.15) is 0 Å². The van der Waals surface area contributed by atoms with Crippen LogP contribution in [-0.2, 0) is 9.84 Å². The Morgan fingerprint density at radius 2 is 2.08 bits per heavy atom. The second-order valence-electron chi connectivity index (χ2n) is 3.66. The van der Waals surface area contributed by atoms with E-state index in [0.29, 0.717) is 25.3 Å². The number of sulfone groups is 1. The lowest BCUT2D eigenvalue weighted by Crippen LogP contribution is -2.33. The number of rotatable bonds is 2. The highest BCUT2D eigenvalue weighted by Gasteiger charge is 2.19. The maximum Gasteiger partial charge on any atom is 0.151 e. The molecule has 1 fully saturated rings. The van der Waals surface area contributed by atoms with Gasteiger partial charge in [-0.3, -0.25) is 4.90 Å². The van der Waals surface area contributed by atoms with E-state index in [1.54, 1.807) is 6.92 Å². The van der Waals surface area contributed by atoms with Gasteiger partial charge in [-0.1, -0.05) is 0 Å². The van der Waals surface area contributed by atoms with Crippen molar-refractivity contribution in [2.24, 2.45) is 0 Å². The molecule has 0 unspecified atom stereocenters. The first-order chi connectivity index (χ1) is 5.99. The molecule has 1 heterocycles. The summed E-state index contributed by atoms with van der Waals surface area (Å²) in [5, 5.41) is 9.14. The van der Waals surface area contributed by atoms with Crippen molar-refractivity contribution in [2.75, 3.05) is 31.1 Å². The zero-order chi connectivity index (χ0) is 9.90. The van der Waals surface area contributed by atoms with E-state index < -0.39 is 9.84 Å². The summed E-state index contributed by atoms with van der Waals surface area (Å²) in [7, 11) is -2.81. The van der Waals surface area contributed by atoms with Crippen LogP contribution in [0.1, 0.15) is 13.3 Å². The third-order valence-electron chi connectivity index (χ3n) is 2.17. The van der Waals surface area contributed by atoms with Gasteiger partial charge in [-0.15, -0.1) is 0 Å². The van der Waals surface area contributed by atoms with Crippen molar-refractivity contribution < 1.29 is 13.5 Å². The Balaban J connectivity index is 2.45. The minimum atomic E-state index is -2.81. The molecule has 1 N–H and O–H groups in total. The predicted molar refractivity (Wildman–Crippen MR) is 51.4 cm³/mol. The quantitative estimate of drug-likeness (QED) is 0.662. The minimum Gasteiger partial charge on any atom is -0.392 e. The fourth-order valence-electron chi connectivity index (χ4n) is 1.55. The summed E-state index contributed by atoms with van der Waals surface area (Å²) in [6.45, 7) is 3.65. The van der Waals surface area contributed by atoms with Crippen molar-refractivity contribution in [3.63, 3.8) is 0 Å². The molecule has 0 aromatic rings. The summed E-state index contributed by atoms with van der Waals surface area (Å²) >= 11 is 0. The van der Waals surface area contributed by atoms with Crippen LogP contribution in [0.4, 0.5) is 0 Å². The van der Waals surface area contributed by atoms with E-state index in [0.717, 1.165) is 6.54 Å². The Morgan fingerprint density at radius 1 is 1.38 bits per heavy atom. The molecule has 1 rings (SSSR count). The number of aliphatic hydroxyl groups is 1. The van der Waals surface area contributed by atoms with Gasteiger partial charge >= 0.3 is 0 Å². The van der Waals surface area contributed by atoms with Crippen molar-refractivity contribution >= 4 is 9.84 Å². The Labute approximate surface area is 79.5 Å². The fourth-order valence-corrected chi connectivity index (χ4v) is 2.86. The second kappa shape index (κ2) is 4.39. The third-order valence-corrected chi connectivity index (χ3v) is 3.89. The number of aliphatic hydroxyl groups excluding tert-OH is 1. The van der Waals surface area contributed by atoms with Gasteiger partial charge in [0.2, 0.25) is 0 Å². The van der Waals surface area contributed by atoms with Crippen LogP contribution in [0.25, 0.3) is 0 Å². The number of nitrogens with zero attached hydrogens (tertiary/aromatic N) is 1. The molecule has 0 aromatic heterocycles. The molecule has 0 aliphatic carbocycles. The molecule has 0 amide bonds. The lowest BCUT2D eigenvalue weighted by Gasteiger charge is -2.20. The van der Waals surface area contributed by atoms with Crippen LogP contribution in [0.3, 0.4) is 0 Å². The van der Waals surface area contributed by atoms with Gasteiger partial charge in [-0.05, 0) is 19.9 Å². The van der Waals surface area contributed by atoms with Crippen molar-refractivity contribution in [3.8, 4) is 0 Å². The van der Waals surface area contributed by atoms with Crippen LogP contribution in [-0.4, -0.2) is 55.7 Å². The molecule has 0 radical (unpaired) electrons. The van der Waals surface area contributed by atoms with Crippen LogP contribution in [0.2, 0.25) is 0 Å². The lowest BCUT2D eigenvalue weighted by molar-refractivity contribution is 0.131. The molecule has 0 spiro atoms. The molecule has 0 aromatic carbocycles. The normalized spacial score (nSPS) is 26.6. The van der Waals surface area contributed by atoms with Gasteiger partial charge in [0.1, 0.15) is 0 Å².